The number of nitrogens with one attached hydrogen (secondary N) is 1. The normalized spacial score (nSPS) is 16.5. The summed E-state index contributed by atoms with van der Waals surface area (Å²) in [4.78, 5) is 2.35. The van der Waals surface area contributed by atoms with Crippen LogP contribution >= 0.6 is 0 Å². The maximum absolute atomic E-state index is 3.42. The molecule has 0 saturated heterocycles. The predicted octanol–water partition coefficient (Wildman–Crippen LogP) is 9.13. The Labute approximate surface area is 222 Å². The zero-order valence-corrected chi connectivity index (χ0v) is 23.0. The van der Waals surface area contributed by atoms with Gasteiger partial charge >= 0.3 is 0 Å². The van der Waals surface area contributed by atoms with Crippen LogP contribution < -0.4 is 10.2 Å². The molecule has 188 valence electrons. The highest BCUT2D eigenvalue weighted by molar-refractivity contribution is 5.95. The first-order valence-electron chi connectivity index (χ1n) is 13.3. The van der Waals surface area contributed by atoms with E-state index in [1.54, 1.807) is 0 Å². The van der Waals surface area contributed by atoms with Gasteiger partial charge in [0.1, 0.15) is 0 Å². The summed E-state index contributed by atoms with van der Waals surface area (Å²) in [7, 11) is 4.20. The van der Waals surface area contributed by atoms with Crippen LogP contribution in [-0.2, 0) is 10.8 Å². The summed E-state index contributed by atoms with van der Waals surface area (Å²) < 4.78 is 0. The second-order valence-electron chi connectivity index (χ2n) is 11.3. The van der Waals surface area contributed by atoms with Gasteiger partial charge in [-0.3, -0.25) is 0 Å². The molecule has 0 spiro atoms. The van der Waals surface area contributed by atoms with E-state index in [4.69, 9.17) is 0 Å². The molecule has 0 radical (unpaired) electrons. The van der Waals surface area contributed by atoms with Crippen molar-refractivity contribution in [2.45, 2.75) is 44.9 Å². The number of fused-ring (bicyclic) bond motifs is 4. The molecule has 5 rings (SSSR count). The Kier molecular flexibility index (Phi) is 6.45. The molecule has 2 heteroatoms. The molecule has 4 aromatic rings. The van der Waals surface area contributed by atoms with E-state index in [9.17, 15) is 0 Å². The van der Waals surface area contributed by atoms with E-state index in [0.29, 0.717) is 0 Å². The summed E-state index contributed by atoms with van der Waals surface area (Å²) in [6, 6.07) is 26.3. The fourth-order valence-corrected chi connectivity index (χ4v) is 6.16. The molecule has 1 N–H and O–H groups in total. The third-order valence-electron chi connectivity index (χ3n) is 8.01. The highest BCUT2D eigenvalue weighted by atomic mass is 15.2. The Morgan fingerprint density at radius 1 is 0.811 bits per heavy atom. The maximum Gasteiger partial charge on any atom is 0.0454 e. The van der Waals surface area contributed by atoms with Crippen LogP contribution in [0.5, 0.6) is 0 Å². The van der Waals surface area contributed by atoms with E-state index in [2.05, 4.69) is 148 Å². The number of likely N-dealkylation sites (N-methyl/N-ethyl adjacent to an activating group) is 1. The van der Waals surface area contributed by atoms with E-state index in [1.807, 2.05) is 7.05 Å². The molecular formula is C35H38N2. The molecule has 0 bridgehead atoms. The van der Waals surface area contributed by atoms with Gasteiger partial charge in [0.2, 0.25) is 0 Å². The highest BCUT2D eigenvalue weighted by Gasteiger charge is 2.39. The Morgan fingerprint density at radius 2 is 1.46 bits per heavy atom. The van der Waals surface area contributed by atoms with Crippen LogP contribution in [0.3, 0.4) is 0 Å². The largest absolute Gasteiger partial charge is 0.388 e. The molecule has 0 fully saturated rings. The Balaban J connectivity index is 1.36. The lowest BCUT2D eigenvalue weighted by molar-refractivity contribution is 0.540. The summed E-state index contributed by atoms with van der Waals surface area (Å²) in [5.74, 6) is 0. The minimum absolute atomic E-state index is 0.00161. The van der Waals surface area contributed by atoms with E-state index in [0.717, 1.165) is 6.42 Å². The molecule has 0 aromatic heterocycles. The Bertz CT molecular complexity index is 1550. The van der Waals surface area contributed by atoms with Gasteiger partial charge in [-0.05, 0) is 62.7 Å². The lowest BCUT2D eigenvalue weighted by Crippen LogP contribution is -2.22. The monoisotopic (exact) mass is 486 g/mol. The number of benzene rings is 4. The molecule has 0 aliphatic carbocycles. The van der Waals surface area contributed by atoms with Crippen LogP contribution in [0.2, 0.25) is 0 Å². The van der Waals surface area contributed by atoms with Gasteiger partial charge in [-0.2, -0.15) is 0 Å². The molecule has 1 aliphatic heterocycles. The van der Waals surface area contributed by atoms with Crippen molar-refractivity contribution in [3.63, 3.8) is 0 Å². The third-order valence-corrected chi connectivity index (χ3v) is 8.01. The van der Waals surface area contributed by atoms with E-state index < -0.39 is 0 Å². The Morgan fingerprint density at radius 3 is 2.19 bits per heavy atom. The first-order chi connectivity index (χ1) is 17.8. The maximum atomic E-state index is 3.42. The first-order valence-corrected chi connectivity index (χ1v) is 13.3. The summed E-state index contributed by atoms with van der Waals surface area (Å²) in [6.07, 6.45) is 12.1. The standard InChI is InChI=1S/C35H38N2/c1-34(2,32-27-17-12-10-15-25(27)20-22-29(32)36-5)24-14-8-7-9-19-31-35(3,4)33-28-18-13-11-16-26(28)21-23-30(33)37(31)6/h7-23,36H,24H2,1-6H3/b9-7+,14-8+,31-19+. The lowest BCUT2D eigenvalue weighted by atomic mass is 9.78. The summed E-state index contributed by atoms with van der Waals surface area (Å²) in [5.41, 5.74) is 6.56. The van der Waals surface area contributed by atoms with E-state index in [1.165, 1.54) is 49.7 Å². The zero-order valence-electron chi connectivity index (χ0n) is 23.0. The topological polar surface area (TPSA) is 15.3 Å². The number of hydrogen-bond donors (Lipinski definition) is 1. The van der Waals surface area contributed by atoms with E-state index in [-0.39, 0.29) is 10.8 Å². The SMILES string of the molecule is CNc1ccc2ccccc2c1C(C)(C)C/C=C/C=C/C=C1/N(C)c2ccc3ccccc3c2C1(C)C. The zero-order chi connectivity index (χ0) is 26.2. The highest BCUT2D eigenvalue weighted by Crippen LogP contribution is 2.49. The van der Waals surface area contributed by atoms with Crippen LogP contribution in [0.1, 0.15) is 45.2 Å². The van der Waals surface area contributed by atoms with Crippen LogP contribution in [0.4, 0.5) is 11.4 Å². The van der Waals surface area contributed by atoms with Gasteiger partial charge < -0.3 is 10.2 Å². The van der Waals surface area contributed by atoms with Crippen LogP contribution in [0, 0.1) is 0 Å². The van der Waals surface area contributed by atoms with Crippen molar-refractivity contribution >= 4 is 32.9 Å². The van der Waals surface area contributed by atoms with Gasteiger partial charge in [-0.25, -0.2) is 0 Å². The molecule has 0 saturated carbocycles. The van der Waals surface area contributed by atoms with Crippen molar-refractivity contribution in [3.05, 3.63) is 120 Å². The molecule has 1 heterocycles. The average Bonchev–Trinajstić information content (AvgIpc) is 3.10. The van der Waals surface area contributed by atoms with Crippen molar-refractivity contribution < 1.29 is 0 Å². The molecule has 4 aromatic carbocycles. The van der Waals surface area contributed by atoms with Gasteiger partial charge in [0.15, 0.2) is 0 Å². The van der Waals surface area contributed by atoms with Crippen LogP contribution in [-0.4, -0.2) is 14.1 Å². The summed E-state index contributed by atoms with van der Waals surface area (Å²) in [5, 5.41) is 8.68. The number of nitrogens with zero attached hydrogens (tertiary/aromatic N) is 1. The molecule has 2 nitrogen and oxygen atoms in total. The molecular weight excluding hydrogens is 448 g/mol. The van der Waals surface area contributed by atoms with Crippen molar-refractivity contribution in [1.29, 1.82) is 0 Å². The smallest absolute Gasteiger partial charge is 0.0454 e. The number of allylic oxidation sites excluding steroid dienone is 6. The minimum Gasteiger partial charge on any atom is -0.388 e. The molecule has 0 unspecified atom stereocenters. The van der Waals surface area contributed by atoms with Crippen molar-refractivity contribution in [3.8, 4) is 0 Å². The first kappa shape index (κ1) is 24.9. The number of hydrogen-bond acceptors (Lipinski definition) is 2. The average molecular weight is 487 g/mol. The summed E-state index contributed by atoms with van der Waals surface area (Å²) in [6.45, 7) is 9.35. The third kappa shape index (κ3) is 4.35. The van der Waals surface area contributed by atoms with Crippen LogP contribution in [0.25, 0.3) is 21.5 Å². The molecule has 0 amide bonds. The van der Waals surface area contributed by atoms with Crippen molar-refractivity contribution in [2.75, 3.05) is 24.3 Å². The van der Waals surface area contributed by atoms with Gasteiger partial charge in [0.05, 0.1) is 0 Å². The predicted molar refractivity (Wildman–Crippen MR) is 163 cm³/mol. The number of rotatable bonds is 6. The lowest BCUT2D eigenvalue weighted by Gasteiger charge is -2.28. The molecule has 1 aliphatic rings. The minimum atomic E-state index is -0.0566. The van der Waals surface area contributed by atoms with Gasteiger partial charge in [-0.15, -0.1) is 0 Å². The van der Waals surface area contributed by atoms with E-state index >= 15 is 0 Å². The fourth-order valence-electron chi connectivity index (χ4n) is 6.16. The van der Waals surface area contributed by atoms with Gasteiger partial charge in [0, 0.05) is 36.6 Å². The van der Waals surface area contributed by atoms with Crippen LogP contribution in [0.15, 0.2) is 109 Å². The second kappa shape index (κ2) is 9.59. The van der Waals surface area contributed by atoms with Crippen molar-refractivity contribution in [2.24, 2.45) is 0 Å². The number of anilines is 2. The van der Waals surface area contributed by atoms with Gasteiger partial charge in [-0.1, -0.05) is 113 Å². The molecule has 37 heavy (non-hydrogen) atoms. The second-order valence-corrected chi connectivity index (χ2v) is 11.3. The molecule has 0 atom stereocenters. The quantitative estimate of drug-likeness (QED) is 0.273. The van der Waals surface area contributed by atoms with Gasteiger partial charge in [0.25, 0.3) is 0 Å². The summed E-state index contributed by atoms with van der Waals surface area (Å²) >= 11 is 0. The Hall–Kier alpha value is -3.78. The fraction of sp³-hybridized carbons (Fsp3) is 0.257. The van der Waals surface area contributed by atoms with Crippen molar-refractivity contribution in [1.82, 2.24) is 0 Å².